The van der Waals surface area contributed by atoms with Crippen LogP contribution in [0.25, 0.3) is 0 Å². The van der Waals surface area contributed by atoms with Crippen molar-refractivity contribution in [3.8, 4) is 0 Å². The summed E-state index contributed by atoms with van der Waals surface area (Å²) in [6.07, 6.45) is -0.140. The lowest BCUT2D eigenvalue weighted by atomic mass is 10.1. The quantitative estimate of drug-likeness (QED) is 0.738. The number of nitrogens with two attached hydrogens (primary N) is 1. The molecule has 1 unspecified atom stereocenters. The Bertz CT molecular complexity index is 579. The van der Waals surface area contributed by atoms with Crippen LogP contribution in [0.1, 0.15) is 44.6 Å². The number of halogens is 5. The Balaban J connectivity index is 0.00000312. The minimum absolute atomic E-state index is 0. The fraction of sp³-hybridized carbons (Fsp3) is 0.588. The molecule has 0 aliphatic carbocycles. The highest BCUT2D eigenvalue weighted by molar-refractivity contribution is 5.97. The minimum Gasteiger partial charge on any atom is -0.370 e. The van der Waals surface area contributed by atoms with Gasteiger partial charge in [-0.25, -0.2) is 0 Å². The first kappa shape index (κ1) is 24.8. The molecule has 3 N–H and O–H groups in total. The molecule has 0 spiro atoms. The molecule has 1 aromatic rings. The minimum atomic E-state index is -4.45. The van der Waals surface area contributed by atoms with Gasteiger partial charge < -0.3 is 16.0 Å². The molecule has 0 radical (unpaired) electrons. The van der Waals surface area contributed by atoms with Gasteiger partial charge >= 0.3 is 6.18 Å². The van der Waals surface area contributed by atoms with Gasteiger partial charge in [0.2, 0.25) is 5.91 Å². The van der Waals surface area contributed by atoms with Gasteiger partial charge in [0.1, 0.15) is 0 Å². The van der Waals surface area contributed by atoms with E-state index < -0.39 is 23.7 Å². The van der Waals surface area contributed by atoms with E-state index in [-0.39, 0.29) is 30.5 Å². The van der Waals surface area contributed by atoms with Crippen LogP contribution in [0.5, 0.6) is 0 Å². The van der Waals surface area contributed by atoms with Gasteiger partial charge in [0.05, 0.1) is 23.0 Å². The number of amides is 1. The van der Waals surface area contributed by atoms with Gasteiger partial charge in [-0.3, -0.25) is 4.79 Å². The molecule has 150 valence electrons. The lowest BCUT2D eigenvalue weighted by molar-refractivity contribution is -0.137. The van der Waals surface area contributed by atoms with Crippen molar-refractivity contribution in [2.75, 3.05) is 23.3 Å². The first-order valence-corrected chi connectivity index (χ1v) is 8.35. The van der Waals surface area contributed by atoms with E-state index in [4.69, 9.17) is 5.73 Å². The molecule has 4 nitrogen and oxygen atoms in total. The topological polar surface area (TPSA) is 58.4 Å². The molecule has 0 aromatic heterocycles. The molecule has 26 heavy (non-hydrogen) atoms. The van der Waals surface area contributed by atoms with Crippen molar-refractivity contribution < 1.29 is 18.0 Å². The highest BCUT2D eigenvalue weighted by atomic mass is 35.5. The smallest absolute Gasteiger partial charge is 0.370 e. The summed E-state index contributed by atoms with van der Waals surface area (Å²) >= 11 is 0. The Morgan fingerprint density at radius 3 is 2.38 bits per heavy atom. The first-order chi connectivity index (χ1) is 11.3. The number of carbonyl (C=O) groups excluding carboxylic acids is 1. The molecule has 1 aliphatic rings. The number of anilines is 2. The van der Waals surface area contributed by atoms with Crippen LogP contribution in [0.4, 0.5) is 24.5 Å². The van der Waals surface area contributed by atoms with Crippen molar-refractivity contribution in [3.63, 3.8) is 0 Å². The highest BCUT2D eigenvalue weighted by Crippen LogP contribution is 2.36. The number of carbonyl (C=O) groups is 1. The molecule has 1 aliphatic heterocycles. The van der Waals surface area contributed by atoms with E-state index in [2.05, 4.69) is 5.32 Å². The number of rotatable bonds is 5. The molecule has 1 atom stereocenters. The summed E-state index contributed by atoms with van der Waals surface area (Å²) in [4.78, 5) is 14.2. The standard InChI is InChI=1S/C17H24F3N3O.2ClH/c1-2-6-13(21)16(24)22-14-11-12(17(18,19)20)7-8-15(14)23-9-4-3-5-10-23;;/h7-8,11,13H,2-6,9-10,21H2,1H3,(H,22,24);2*1H. The average Bonchev–Trinajstić information content (AvgIpc) is 2.55. The van der Waals surface area contributed by atoms with E-state index in [0.717, 1.165) is 50.9 Å². The Kier molecular flexibility index (Phi) is 10.4. The fourth-order valence-electron chi connectivity index (χ4n) is 2.89. The molecule has 1 amide bonds. The van der Waals surface area contributed by atoms with E-state index in [1.165, 1.54) is 6.07 Å². The van der Waals surface area contributed by atoms with Crippen LogP contribution in [0.3, 0.4) is 0 Å². The predicted molar refractivity (Wildman–Crippen MR) is 104 cm³/mol. The SMILES string of the molecule is CCCC(N)C(=O)Nc1cc(C(F)(F)F)ccc1N1CCCCC1.Cl.Cl. The van der Waals surface area contributed by atoms with Gasteiger partial charge in [0.25, 0.3) is 0 Å². The largest absolute Gasteiger partial charge is 0.416 e. The number of hydrogen-bond acceptors (Lipinski definition) is 3. The third-order valence-electron chi connectivity index (χ3n) is 4.21. The number of alkyl halides is 3. The third-order valence-corrected chi connectivity index (χ3v) is 4.21. The molecule has 1 aromatic carbocycles. The third kappa shape index (κ3) is 6.52. The summed E-state index contributed by atoms with van der Waals surface area (Å²) in [5.41, 5.74) is 5.81. The van der Waals surface area contributed by atoms with Gasteiger partial charge in [-0.05, 0) is 43.9 Å². The van der Waals surface area contributed by atoms with Crippen LogP contribution in [-0.4, -0.2) is 25.0 Å². The molecular formula is C17H26Cl2F3N3O. The molecule has 0 bridgehead atoms. The van der Waals surface area contributed by atoms with Gasteiger partial charge in [0, 0.05) is 13.1 Å². The number of hydrogen-bond donors (Lipinski definition) is 2. The van der Waals surface area contributed by atoms with Crippen molar-refractivity contribution in [1.82, 2.24) is 0 Å². The van der Waals surface area contributed by atoms with Crippen LogP contribution in [0, 0.1) is 0 Å². The predicted octanol–water partition coefficient (Wildman–Crippen LogP) is 4.61. The maximum atomic E-state index is 13.0. The van der Waals surface area contributed by atoms with Crippen molar-refractivity contribution in [2.45, 2.75) is 51.2 Å². The summed E-state index contributed by atoms with van der Waals surface area (Å²) in [5, 5.41) is 2.60. The maximum absolute atomic E-state index is 13.0. The highest BCUT2D eigenvalue weighted by Gasteiger charge is 2.32. The first-order valence-electron chi connectivity index (χ1n) is 8.35. The van der Waals surface area contributed by atoms with Gasteiger partial charge in [-0.15, -0.1) is 24.8 Å². The average molecular weight is 416 g/mol. The van der Waals surface area contributed by atoms with E-state index in [1.807, 2.05) is 11.8 Å². The Hall–Kier alpha value is -1.18. The van der Waals surface area contributed by atoms with Crippen molar-refractivity contribution in [2.24, 2.45) is 5.73 Å². The van der Waals surface area contributed by atoms with Gasteiger partial charge in [-0.1, -0.05) is 13.3 Å². The zero-order valence-electron chi connectivity index (χ0n) is 14.6. The van der Waals surface area contributed by atoms with Crippen LogP contribution in [0.15, 0.2) is 18.2 Å². The normalized spacial score (nSPS) is 15.5. The summed E-state index contributed by atoms with van der Waals surface area (Å²) in [6.45, 7) is 3.45. The van der Waals surface area contributed by atoms with E-state index in [0.29, 0.717) is 12.1 Å². The van der Waals surface area contributed by atoms with E-state index in [9.17, 15) is 18.0 Å². The monoisotopic (exact) mass is 415 g/mol. The summed E-state index contributed by atoms with van der Waals surface area (Å²) < 4.78 is 39.0. The molecule has 2 rings (SSSR count). The lowest BCUT2D eigenvalue weighted by Gasteiger charge is -2.31. The number of nitrogens with zero attached hydrogens (tertiary/aromatic N) is 1. The molecule has 9 heteroatoms. The second kappa shape index (κ2) is 10.8. The molecule has 1 heterocycles. The van der Waals surface area contributed by atoms with Crippen molar-refractivity contribution >= 4 is 42.1 Å². The molecule has 1 fully saturated rings. The van der Waals surface area contributed by atoms with Crippen LogP contribution in [0.2, 0.25) is 0 Å². The lowest BCUT2D eigenvalue weighted by Crippen LogP contribution is -2.36. The Morgan fingerprint density at radius 1 is 1.23 bits per heavy atom. The maximum Gasteiger partial charge on any atom is 0.416 e. The Morgan fingerprint density at radius 2 is 1.85 bits per heavy atom. The number of nitrogens with one attached hydrogen (secondary N) is 1. The summed E-state index contributed by atoms with van der Waals surface area (Å²) in [6, 6.07) is 2.78. The van der Waals surface area contributed by atoms with Crippen LogP contribution < -0.4 is 16.0 Å². The van der Waals surface area contributed by atoms with Gasteiger partial charge in [0.15, 0.2) is 0 Å². The number of piperidine rings is 1. The van der Waals surface area contributed by atoms with Crippen LogP contribution >= 0.6 is 24.8 Å². The van der Waals surface area contributed by atoms with Crippen LogP contribution in [-0.2, 0) is 11.0 Å². The van der Waals surface area contributed by atoms with Crippen molar-refractivity contribution in [1.29, 1.82) is 0 Å². The summed E-state index contributed by atoms with van der Waals surface area (Å²) in [5.74, 6) is -0.450. The van der Waals surface area contributed by atoms with Crippen molar-refractivity contribution in [3.05, 3.63) is 23.8 Å². The van der Waals surface area contributed by atoms with E-state index >= 15 is 0 Å². The second-order valence-corrected chi connectivity index (χ2v) is 6.16. The fourth-order valence-corrected chi connectivity index (χ4v) is 2.89. The second-order valence-electron chi connectivity index (χ2n) is 6.16. The Labute approximate surface area is 164 Å². The van der Waals surface area contributed by atoms with E-state index in [1.54, 1.807) is 0 Å². The molecule has 0 saturated carbocycles. The summed E-state index contributed by atoms with van der Waals surface area (Å²) in [7, 11) is 0. The van der Waals surface area contributed by atoms with Gasteiger partial charge in [-0.2, -0.15) is 13.2 Å². The molecular weight excluding hydrogens is 390 g/mol. The number of benzene rings is 1. The zero-order chi connectivity index (χ0) is 17.7. The zero-order valence-corrected chi connectivity index (χ0v) is 16.3. The molecule has 1 saturated heterocycles.